The summed E-state index contributed by atoms with van der Waals surface area (Å²) < 4.78 is 10.6. The lowest BCUT2D eigenvalue weighted by Crippen LogP contribution is -2.22. The molecule has 0 bridgehead atoms. The molecular weight excluding hydrogens is 282 g/mol. The summed E-state index contributed by atoms with van der Waals surface area (Å²) in [6.45, 7) is 4.94. The minimum absolute atomic E-state index is 0.267. The van der Waals surface area contributed by atoms with Crippen LogP contribution in [0, 0.1) is 0 Å². The average Bonchev–Trinajstić information content (AvgIpc) is 3.01. The third-order valence-corrected chi connectivity index (χ3v) is 4.63. The van der Waals surface area contributed by atoms with Gasteiger partial charge in [0.1, 0.15) is 5.75 Å². The number of methoxy groups -OCH3 is 2. The Balaban J connectivity index is 2.11. The van der Waals surface area contributed by atoms with Gasteiger partial charge in [-0.05, 0) is 43.0 Å². The molecule has 2 atom stereocenters. The molecule has 1 heterocycles. The lowest BCUT2D eigenvalue weighted by atomic mass is 10.0. The van der Waals surface area contributed by atoms with E-state index in [-0.39, 0.29) is 6.04 Å². The quantitative estimate of drug-likeness (QED) is 0.826. The van der Waals surface area contributed by atoms with Gasteiger partial charge in [0.05, 0.1) is 13.7 Å². The molecule has 0 aliphatic carbocycles. The molecule has 114 valence electrons. The third kappa shape index (κ3) is 4.06. The van der Waals surface area contributed by atoms with E-state index >= 15 is 0 Å². The number of benzene rings is 1. The van der Waals surface area contributed by atoms with E-state index in [1.807, 2.05) is 6.07 Å². The molecule has 1 unspecified atom stereocenters. The molecule has 1 N–H and O–H groups in total. The van der Waals surface area contributed by atoms with E-state index < -0.39 is 0 Å². The van der Waals surface area contributed by atoms with Crippen LogP contribution in [0.25, 0.3) is 0 Å². The first-order valence-corrected chi connectivity index (χ1v) is 7.99. The van der Waals surface area contributed by atoms with Gasteiger partial charge in [-0.1, -0.05) is 12.1 Å². The standard InChI is InChI=1S/C17H23NO2S/c1-12(18-13(2)17-6-5-9-21-17)14-7-8-16(20-4)15(10-14)11-19-3/h5-10,12-13,18H,11H2,1-4H3/t12?,13-/m0/s1. The summed E-state index contributed by atoms with van der Waals surface area (Å²) >= 11 is 1.78. The van der Waals surface area contributed by atoms with Crippen LogP contribution in [-0.2, 0) is 11.3 Å². The Morgan fingerprint density at radius 3 is 2.57 bits per heavy atom. The van der Waals surface area contributed by atoms with Crippen LogP contribution in [-0.4, -0.2) is 14.2 Å². The molecule has 0 aliphatic rings. The van der Waals surface area contributed by atoms with Crippen molar-refractivity contribution in [3.05, 3.63) is 51.7 Å². The fourth-order valence-corrected chi connectivity index (χ4v) is 3.17. The van der Waals surface area contributed by atoms with Crippen LogP contribution < -0.4 is 10.1 Å². The van der Waals surface area contributed by atoms with Gasteiger partial charge in [-0.2, -0.15) is 0 Å². The molecule has 0 aliphatic heterocycles. The minimum Gasteiger partial charge on any atom is -0.496 e. The largest absolute Gasteiger partial charge is 0.496 e. The van der Waals surface area contributed by atoms with Crippen molar-refractivity contribution < 1.29 is 9.47 Å². The van der Waals surface area contributed by atoms with Crippen molar-refractivity contribution in [1.29, 1.82) is 0 Å². The van der Waals surface area contributed by atoms with Crippen molar-refractivity contribution >= 4 is 11.3 Å². The van der Waals surface area contributed by atoms with Crippen LogP contribution in [0.5, 0.6) is 5.75 Å². The highest BCUT2D eigenvalue weighted by molar-refractivity contribution is 7.10. The highest BCUT2D eigenvalue weighted by Gasteiger charge is 2.13. The van der Waals surface area contributed by atoms with Crippen LogP contribution in [0.15, 0.2) is 35.7 Å². The fourth-order valence-electron chi connectivity index (χ4n) is 2.43. The van der Waals surface area contributed by atoms with E-state index in [1.54, 1.807) is 25.6 Å². The second-order valence-corrected chi connectivity index (χ2v) is 6.11. The van der Waals surface area contributed by atoms with Gasteiger partial charge in [-0.25, -0.2) is 0 Å². The molecule has 2 rings (SSSR count). The van der Waals surface area contributed by atoms with E-state index in [4.69, 9.17) is 9.47 Å². The monoisotopic (exact) mass is 305 g/mol. The molecule has 21 heavy (non-hydrogen) atoms. The molecule has 0 saturated carbocycles. The summed E-state index contributed by atoms with van der Waals surface area (Å²) in [5.74, 6) is 0.874. The number of ether oxygens (including phenoxy) is 2. The predicted octanol–water partition coefficient (Wildman–Crippen LogP) is 4.31. The number of rotatable bonds is 7. The summed E-state index contributed by atoms with van der Waals surface area (Å²) in [7, 11) is 3.39. The molecule has 1 aromatic carbocycles. The van der Waals surface area contributed by atoms with Gasteiger partial charge in [0.15, 0.2) is 0 Å². The summed E-state index contributed by atoms with van der Waals surface area (Å²) in [6.07, 6.45) is 0. The van der Waals surface area contributed by atoms with Crippen molar-refractivity contribution in [3.63, 3.8) is 0 Å². The molecule has 3 nitrogen and oxygen atoms in total. The summed E-state index contributed by atoms with van der Waals surface area (Å²) in [6, 6.07) is 11.1. The number of thiophene rings is 1. The van der Waals surface area contributed by atoms with Crippen LogP contribution in [0.4, 0.5) is 0 Å². The van der Waals surface area contributed by atoms with E-state index in [1.165, 1.54) is 10.4 Å². The maximum atomic E-state index is 5.37. The Morgan fingerprint density at radius 1 is 1.14 bits per heavy atom. The predicted molar refractivity (Wildman–Crippen MR) is 88.0 cm³/mol. The topological polar surface area (TPSA) is 30.5 Å². The number of nitrogens with one attached hydrogen (secondary N) is 1. The Morgan fingerprint density at radius 2 is 1.95 bits per heavy atom. The van der Waals surface area contributed by atoms with Gasteiger partial charge in [-0.15, -0.1) is 11.3 Å². The Labute approximate surface area is 130 Å². The maximum Gasteiger partial charge on any atom is 0.124 e. The molecule has 2 aromatic rings. The van der Waals surface area contributed by atoms with E-state index in [0.29, 0.717) is 12.6 Å². The zero-order valence-electron chi connectivity index (χ0n) is 13.1. The molecule has 0 saturated heterocycles. The fraction of sp³-hybridized carbons (Fsp3) is 0.412. The maximum absolute atomic E-state index is 5.37. The number of hydrogen-bond donors (Lipinski definition) is 1. The molecular formula is C17H23NO2S. The van der Waals surface area contributed by atoms with E-state index in [2.05, 4.69) is 48.8 Å². The van der Waals surface area contributed by atoms with Crippen molar-refractivity contribution in [1.82, 2.24) is 5.32 Å². The van der Waals surface area contributed by atoms with E-state index in [0.717, 1.165) is 11.3 Å². The summed E-state index contributed by atoms with van der Waals surface area (Å²) in [5.41, 5.74) is 2.32. The Kier molecular flexibility index (Phi) is 5.79. The van der Waals surface area contributed by atoms with Crippen LogP contribution in [0.1, 0.15) is 41.9 Å². The smallest absolute Gasteiger partial charge is 0.124 e. The van der Waals surface area contributed by atoms with Gasteiger partial charge in [0, 0.05) is 29.6 Å². The summed E-state index contributed by atoms with van der Waals surface area (Å²) in [4.78, 5) is 1.35. The van der Waals surface area contributed by atoms with Crippen LogP contribution in [0.2, 0.25) is 0 Å². The van der Waals surface area contributed by atoms with Crippen molar-refractivity contribution in [3.8, 4) is 5.75 Å². The lowest BCUT2D eigenvalue weighted by molar-refractivity contribution is 0.181. The van der Waals surface area contributed by atoms with E-state index in [9.17, 15) is 0 Å². The van der Waals surface area contributed by atoms with Crippen molar-refractivity contribution in [2.24, 2.45) is 0 Å². The highest BCUT2D eigenvalue weighted by atomic mass is 32.1. The molecule has 1 aromatic heterocycles. The zero-order valence-corrected chi connectivity index (χ0v) is 13.9. The third-order valence-electron chi connectivity index (χ3n) is 3.57. The molecule has 4 heteroatoms. The van der Waals surface area contributed by atoms with Crippen LogP contribution >= 0.6 is 11.3 Å². The second-order valence-electron chi connectivity index (χ2n) is 5.13. The van der Waals surface area contributed by atoms with Gasteiger partial charge < -0.3 is 14.8 Å². The second kappa shape index (κ2) is 7.59. The Bertz CT molecular complexity index is 554. The average molecular weight is 305 g/mol. The number of hydrogen-bond acceptors (Lipinski definition) is 4. The van der Waals surface area contributed by atoms with Gasteiger partial charge in [0.25, 0.3) is 0 Å². The van der Waals surface area contributed by atoms with Crippen molar-refractivity contribution in [2.75, 3.05) is 14.2 Å². The van der Waals surface area contributed by atoms with Gasteiger partial charge >= 0.3 is 0 Å². The van der Waals surface area contributed by atoms with Crippen LogP contribution in [0.3, 0.4) is 0 Å². The Hall–Kier alpha value is -1.36. The van der Waals surface area contributed by atoms with Crippen molar-refractivity contribution in [2.45, 2.75) is 32.5 Å². The first kappa shape index (κ1) is 16.0. The molecule has 0 radical (unpaired) electrons. The first-order valence-electron chi connectivity index (χ1n) is 7.11. The lowest BCUT2D eigenvalue weighted by Gasteiger charge is -2.21. The SMILES string of the molecule is COCc1cc(C(C)N[C@@H](C)c2cccs2)ccc1OC. The first-order chi connectivity index (χ1) is 10.2. The molecule has 0 amide bonds. The molecule has 0 spiro atoms. The zero-order chi connectivity index (χ0) is 15.2. The minimum atomic E-state index is 0.267. The normalized spacial score (nSPS) is 13.9. The van der Waals surface area contributed by atoms with Gasteiger partial charge in [-0.3, -0.25) is 0 Å². The highest BCUT2D eigenvalue weighted by Crippen LogP contribution is 2.26. The molecule has 0 fully saturated rings. The summed E-state index contributed by atoms with van der Waals surface area (Å²) in [5, 5.41) is 5.75. The van der Waals surface area contributed by atoms with Gasteiger partial charge in [0.2, 0.25) is 0 Å².